The molecule has 2 aromatic carbocycles. The maximum absolute atomic E-state index is 14.1. The summed E-state index contributed by atoms with van der Waals surface area (Å²) in [6, 6.07) is 6.62. The van der Waals surface area contributed by atoms with Crippen molar-refractivity contribution in [3.8, 4) is 0 Å². The van der Waals surface area contributed by atoms with Gasteiger partial charge in [0.05, 0.1) is 48.4 Å². The van der Waals surface area contributed by atoms with Gasteiger partial charge in [0.15, 0.2) is 0 Å². The fourth-order valence-corrected chi connectivity index (χ4v) is 2.71. The van der Waals surface area contributed by atoms with Gasteiger partial charge < -0.3 is 14.8 Å². The molecular weight excluding hydrogens is 509 g/mol. The number of hydroxylamine groups is 1. The summed E-state index contributed by atoms with van der Waals surface area (Å²) in [5.41, 5.74) is 2.34. The van der Waals surface area contributed by atoms with Gasteiger partial charge >= 0.3 is 0 Å². The first-order chi connectivity index (χ1) is 13.4. The van der Waals surface area contributed by atoms with Gasteiger partial charge in [-0.2, -0.15) is 0 Å². The predicted molar refractivity (Wildman–Crippen MR) is 110 cm³/mol. The minimum atomic E-state index is -0.751. The van der Waals surface area contributed by atoms with Crippen LogP contribution in [0.4, 0.5) is 20.2 Å². The van der Waals surface area contributed by atoms with E-state index in [9.17, 15) is 13.6 Å². The van der Waals surface area contributed by atoms with Crippen molar-refractivity contribution in [2.24, 2.45) is 0 Å². The highest BCUT2D eigenvalue weighted by molar-refractivity contribution is 14.1. The van der Waals surface area contributed by atoms with Crippen molar-refractivity contribution in [3.05, 3.63) is 56.1 Å². The highest BCUT2D eigenvalue weighted by Crippen LogP contribution is 2.28. The molecule has 6 nitrogen and oxygen atoms in total. The molecule has 0 radical (unpaired) electrons. The molecule has 0 aliphatic rings. The molecule has 0 unspecified atom stereocenters. The lowest BCUT2D eigenvalue weighted by Gasteiger charge is -2.14. The third-order valence-corrected chi connectivity index (χ3v) is 4.39. The Morgan fingerprint density at radius 2 is 1.82 bits per heavy atom. The van der Waals surface area contributed by atoms with Crippen LogP contribution in [0.3, 0.4) is 0 Å². The third-order valence-electron chi connectivity index (χ3n) is 3.43. The summed E-state index contributed by atoms with van der Waals surface area (Å²) in [7, 11) is 1.56. The van der Waals surface area contributed by atoms with Gasteiger partial charge in [0.2, 0.25) is 0 Å². The second kappa shape index (κ2) is 11.5. The Morgan fingerprint density at radius 3 is 2.54 bits per heavy atom. The number of ether oxygens (including phenoxy) is 2. The zero-order valence-corrected chi connectivity index (χ0v) is 17.8. The van der Waals surface area contributed by atoms with E-state index in [1.165, 1.54) is 12.1 Å². The van der Waals surface area contributed by atoms with E-state index in [0.29, 0.717) is 16.8 Å². The Morgan fingerprint density at radius 1 is 1.07 bits per heavy atom. The van der Waals surface area contributed by atoms with Crippen LogP contribution < -0.4 is 10.8 Å². The Kier molecular flexibility index (Phi) is 9.32. The molecular formula is C18H18ClF2IN2O4. The lowest BCUT2D eigenvalue weighted by Crippen LogP contribution is -2.26. The number of benzene rings is 2. The summed E-state index contributed by atoms with van der Waals surface area (Å²) in [6.07, 6.45) is 0. The van der Waals surface area contributed by atoms with Crippen molar-refractivity contribution < 1.29 is 27.9 Å². The van der Waals surface area contributed by atoms with Crippen molar-refractivity contribution in [1.82, 2.24) is 5.48 Å². The molecule has 152 valence electrons. The molecule has 0 saturated carbocycles. The van der Waals surface area contributed by atoms with E-state index in [0.717, 1.165) is 12.1 Å². The van der Waals surface area contributed by atoms with Crippen LogP contribution in [0.25, 0.3) is 0 Å². The largest absolute Gasteiger partial charge is 0.382 e. The maximum Gasteiger partial charge on any atom is 0.277 e. The van der Waals surface area contributed by atoms with Crippen molar-refractivity contribution in [1.29, 1.82) is 0 Å². The normalized spacial score (nSPS) is 10.8. The molecule has 2 rings (SSSR count). The number of hydrogen-bond acceptors (Lipinski definition) is 5. The van der Waals surface area contributed by atoms with Gasteiger partial charge in [-0.05, 0) is 52.9 Å². The first-order valence-electron chi connectivity index (χ1n) is 8.12. The minimum Gasteiger partial charge on any atom is -0.382 e. The van der Waals surface area contributed by atoms with Crippen LogP contribution in [0.15, 0.2) is 30.3 Å². The number of hydrogen-bond donors (Lipinski definition) is 2. The Balaban J connectivity index is 2.06. The molecule has 0 aromatic heterocycles. The summed E-state index contributed by atoms with van der Waals surface area (Å²) in [5.74, 6) is -1.97. The van der Waals surface area contributed by atoms with Crippen LogP contribution in [0.1, 0.15) is 10.4 Å². The molecule has 0 aliphatic carbocycles. The van der Waals surface area contributed by atoms with Crippen molar-refractivity contribution >= 4 is 51.5 Å². The van der Waals surface area contributed by atoms with E-state index in [1.807, 2.05) is 22.6 Å². The van der Waals surface area contributed by atoms with Gasteiger partial charge in [0.25, 0.3) is 5.91 Å². The van der Waals surface area contributed by atoms with Crippen LogP contribution in [-0.2, 0) is 14.3 Å². The molecule has 2 N–H and O–H groups in total. The molecule has 0 heterocycles. The van der Waals surface area contributed by atoms with Gasteiger partial charge in [-0.15, -0.1) is 0 Å². The van der Waals surface area contributed by atoms with E-state index in [2.05, 4.69) is 10.8 Å². The summed E-state index contributed by atoms with van der Waals surface area (Å²) in [6.45, 7) is 1.19. The number of halogens is 4. The molecule has 28 heavy (non-hydrogen) atoms. The highest BCUT2D eigenvalue weighted by Gasteiger charge is 2.17. The van der Waals surface area contributed by atoms with Gasteiger partial charge in [-0.1, -0.05) is 11.6 Å². The number of carbonyl (C=O) groups excluding carboxylic acids is 1. The third kappa shape index (κ3) is 6.82. The Bertz CT molecular complexity index is 826. The molecule has 0 aliphatic heterocycles. The number of carbonyl (C=O) groups is 1. The fourth-order valence-electron chi connectivity index (χ4n) is 2.09. The van der Waals surface area contributed by atoms with Gasteiger partial charge in [0, 0.05) is 10.7 Å². The summed E-state index contributed by atoms with van der Waals surface area (Å²) in [4.78, 5) is 17.4. The van der Waals surface area contributed by atoms with E-state index in [4.69, 9.17) is 25.9 Å². The summed E-state index contributed by atoms with van der Waals surface area (Å²) >= 11 is 7.75. The minimum absolute atomic E-state index is 0.00958. The average molecular weight is 527 g/mol. The fraction of sp³-hybridized carbons (Fsp3) is 0.278. The quantitative estimate of drug-likeness (QED) is 0.275. The van der Waals surface area contributed by atoms with Crippen molar-refractivity contribution in [2.45, 2.75) is 0 Å². The zero-order chi connectivity index (χ0) is 20.5. The standard InChI is InChI=1S/C18H18ClF2IN2O4/c1-26-4-5-27-6-7-28-24-18(25)12-9-13(19)14(20)10-17(12)23-16-3-2-11(22)8-15(16)21/h2-3,8-10,23H,4-7H2,1H3,(H,24,25). The molecule has 2 aromatic rings. The van der Waals surface area contributed by atoms with E-state index >= 15 is 0 Å². The molecule has 0 bridgehead atoms. The molecule has 0 fully saturated rings. The van der Waals surface area contributed by atoms with Gasteiger partial charge in [-0.3, -0.25) is 9.63 Å². The second-order valence-electron chi connectivity index (χ2n) is 5.45. The summed E-state index contributed by atoms with van der Waals surface area (Å²) in [5, 5.41) is 2.46. The lowest BCUT2D eigenvalue weighted by molar-refractivity contribution is -0.00935. The molecule has 0 spiro atoms. The molecule has 0 saturated heterocycles. The first kappa shape index (κ1) is 22.8. The molecule has 0 atom stereocenters. The lowest BCUT2D eigenvalue weighted by atomic mass is 10.1. The highest BCUT2D eigenvalue weighted by atomic mass is 127. The molecule has 1 amide bonds. The van der Waals surface area contributed by atoms with E-state index in [1.54, 1.807) is 13.2 Å². The number of amides is 1. The number of anilines is 2. The van der Waals surface area contributed by atoms with Crippen LogP contribution in [0.5, 0.6) is 0 Å². The SMILES string of the molecule is COCCOCCONC(=O)c1cc(Cl)c(F)cc1Nc1ccc(I)cc1F. The zero-order valence-electron chi connectivity index (χ0n) is 14.9. The van der Waals surface area contributed by atoms with Crippen LogP contribution in [0, 0.1) is 15.2 Å². The number of methoxy groups -OCH3 is 1. The van der Waals surface area contributed by atoms with Crippen LogP contribution >= 0.6 is 34.2 Å². The van der Waals surface area contributed by atoms with Crippen molar-refractivity contribution in [2.75, 3.05) is 38.9 Å². The van der Waals surface area contributed by atoms with E-state index in [-0.39, 0.29) is 35.2 Å². The number of rotatable bonds is 10. The second-order valence-corrected chi connectivity index (χ2v) is 7.10. The Hall–Kier alpha value is -1.53. The maximum atomic E-state index is 14.1. The summed E-state index contributed by atoms with van der Waals surface area (Å²) < 4.78 is 38.7. The van der Waals surface area contributed by atoms with Crippen LogP contribution in [0.2, 0.25) is 5.02 Å². The van der Waals surface area contributed by atoms with Crippen LogP contribution in [-0.4, -0.2) is 39.4 Å². The monoisotopic (exact) mass is 526 g/mol. The van der Waals surface area contributed by atoms with Crippen molar-refractivity contribution in [3.63, 3.8) is 0 Å². The topological polar surface area (TPSA) is 68.8 Å². The molecule has 10 heteroatoms. The average Bonchev–Trinajstić information content (AvgIpc) is 2.65. The van der Waals surface area contributed by atoms with Gasteiger partial charge in [0.1, 0.15) is 11.6 Å². The van der Waals surface area contributed by atoms with Gasteiger partial charge in [-0.25, -0.2) is 14.3 Å². The smallest absolute Gasteiger partial charge is 0.277 e. The predicted octanol–water partition coefficient (Wildman–Crippen LogP) is 4.29. The number of nitrogens with one attached hydrogen (secondary N) is 2. The first-order valence-corrected chi connectivity index (χ1v) is 9.58. The van der Waals surface area contributed by atoms with E-state index < -0.39 is 17.5 Å². The Labute approximate surface area is 179 Å².